The van der Waals surface area contributed by atoms with Crippen molar-refractivity contribution in [2.45, 2.75) is 31.9 Å². The van der Waals surface area contributed by atoms with Gasteiger partial charge in [-0.2, -0.15) is 4.98 Å². The molecule has 1 aliphatic rings. The van der Waals surface area contributed by atoms with E-state index in [-0.39, 0.29) is 5.75 Å². The van der Waals surface area contributed by atoms with Gasteiger partial charge in [-0.05, 0) is 68.1 Å². The molecule has 1 saturated heterocycles. The third kappa shape index (κ3) is 6.11. The molecule has 3 aromatic rings. The quantitative estimate of drug-likeness (QED) is 0.497. The van der Waals surface area contributed by atoms with Crippen molar-refractivity contribution in [2.24, 2.45) is 0 Å². The monoisotopic (exact) mass is 471 g/mol. The van der Waals surface area contributed by atoms with Crippen LogP contribution in [0.3, 0.4) is 0 Å². The number of halogens is 1. The van der Waals surface area contributed by atoms with Gasteiger partial charge in [-0.15, -0.1) is 0 Å². The second-order valence-corrected chi connectivity index (χ2v) is 10.1. The standard InChI is InChI=1S/C23H26ClN5O2S/c1-17-15-22(29-13-3-2-4-14-29)27-23(25-17)26-20-9-11-21(12-10-20)28-32(30,31)16-18-5-7-19(24)8-6-18/h5-12,15,28H,2-4,13-14,16H2,1H3,(H,25,26,27). The largest absolute Gasteiger partial charge is 0.356 e. The van der Waals surface area contributed by atoms with E-state index >= 15 is 0 Å². The molecular weight excluding hydrogens is 446 g/mol. The average Bonchev–Trinajstić information content (AvgIpc) is 2.77. The maximum Gasteiger partial charge on any atom is 0.236 e. The van der Waals surface area contributed by atoms with Gasteiger partial charge in [0.15, 0.2) is 0 Å². The highest BCUT2D eigenvalue weighted by Crippen LogP contribution is 2.23. The minimum absolute atomic E-state index is 0.124. The molecule has 0 atom stereocenters. The van der Waals surface area contributed by atoms with Crippen LogP contribution in [0.15, 0.2) is 54.6 Å². The van der Waals surface area contributed by atoms with Gasteiger partial charge in [-0.25, -0.2) is 13.4 Å². The fraction of sp³-hybridized carbons (Fsp3) is 0.304. The van der Waals surface area contributed by atoms with E-state index in [0.29, 0.717) is 22.2 Å². The number of hydrogen-bond acceptors (Lipinski definition) is 6. The Morgan fingerprint density at radius 3 is 2.28 bits per heavy atom. The number of piperidine rings is 1. The van der Waals surface area contributed by atoms with Crippen LogP contribution < -0.4 is 14.9 Å². The number of aryl methyl sites for hydroxylation is 1. The summed E-state index contributed by atoms with van der Waals surface area (Å²) in [6, 6.07) is 15.8. The van der Waals surface area contributed by atoms with Gasteiger partial charge in [0.1, 0.15) is 5.82 Å². The molecule has 168 valence electrons. The number of nitrogens with zero attached hydrogens (tertiary/aromatic N) is 3. The van der Waals surface area contributed by atoms with E-state index < -0.39 is 10.0 Å². The maximum absolute atomic E-state index is 12.5. The molecule has 0 aliphatic carbocycles. The predicted octanol–water partition coefficient (Wildman–Crippen LogP) is 5.11. The molecule has 0 spiro atoms. The molecule has 9 heteroatoms. The molecule has 1 fully saturated rings. The number of anilines is 4. The SMILES string of the molecule is Cc1cc(N2CCCCC2)nc(Nc2ccc(NS(=O)(=O)Cc3ccc(Cl)cc3)cc2)n1. The van der Waals surface area contributed by atoms with E-state index in [4.69, 9.17) is 11.6 Å². The van der Waals surface area contributed by atoms with Gasteiger partial charge in [0.2, 0.25) is 16.0 Å². The first-order valence-corrected chi connectivity index (χ1v) is 12.6. The van der Waals surface area contributed by atoms with E-state index in [9.17, 15) is 8.42 Å². The lowest BCUT2D eigenvalue weighted by Crippen LogP contribution is -2.30. The highest BCUT2D eigenvalue weighted by atomic mass is 35.5. The van der Waals surface area contributed by atoms with Crippen LogP contribution in [0.2, 0.25) is 5.02 Å². The summed E-state index contributed by atoms with van der Waals surface area (Å²) >= 11 is 5.86. The Hall–Kier alpha value is -2.84. The number of benzene rings is 2. The van der Waals surface area contributed by atoms with Crippen molar-refractivity contribution in [2.75, 3.05) is 28.0 Å². The Kier molecular flexibility index (Phi) is 6.81. The average molecular weight is 472 g/mol. The van der Waals surface area contributed by atoms with E-state index in [1.54, 1.807) is 48.5 Å². The molecule has 0 bridgehead atoms. The zero-order chi connectivity index (χ0) is 22.6. The number of rotatable bonds is 7. The van der Waals surface area contributed by atoms with Crippen LogP contribution in [0.5, 0.6) is 0 Å². The van der Waals surface area contributed by atoms with E-state index in [2.05, 4.69) is 24.9 Å². The van der Waals surface area contributed by atoms with Gasteiger partial charge in [-0.1, -0.05) is 23.7 Å². The normalized spacial score (nSPS) is 14.2. The first kappa shape index (κ1) is 22.4. The summed E-state index contributed by atoms with van der Waals surface area (Å²) in [5, 5.41) is 3.79. The lowest BCUT2D eigenvalue weighted by Gasteiger charge is -2.28. The van der Waals surface area contributed by atoms with Crippen molar-refractivity contribution in [1.82, 2.24) is 9.97 Å². The Balaban J connectivity index is 1.41. The molecule has 1 aromatic heterocycles. The molecule has 7 nitrogen and oxygen atoms in total. The first-order valence-electron chi connectivity index (χ1n) is 10.6. The van der Waals surface area contributed by atoms with Gasteiger partial charge < -0.3 is 10.2 Å². The highest BCUT2D eigenvalue weighted by molar-refractivity contribution is 7.91. The van der Waals surface area contributed by atoms with Gasteiger partial charge in [-0.3, -0.25) is 4.72 Å². The molecule has 2 aromatic carbocycles. The zero-order valence-electron chi connectivity index (χ0n) is 17.9. The van der Waals surface area contributed by atoms with Crippen LogP contribution in [-0.2, 0) is 15.8 Å². The smallest absolute Gasteiger partial charge is 0.236 e. The predicted molar refractivity (Wildman–Crippen MR) is 130 cm³/mol. The van der Waals surface area contributed by atoms with E-state index in [1.165, 1.54) is 19.3 Å². The van der Waals surface area contributed by atoms with Gasteiger partial charge in [0.25, 0.3) is 0 Å². The summed E-state index contributed by atoms with van der Waals surface area (Å²) < 4.78 is 27.5. The third-order valence-corrected chi connectivity index (χ3v) is 6.72. The number of aromatic nitrogens is 2. The van der Waals surface area contributed by atoms with Gasteiger partial charge in [0, 0.05) is 41.2 Å². The highest BCUT2D eigenvalue weighted by Gasteiger charge is 2.15. The molecule has 0 saturated carbocycles. The van der Waals surface area contributed by atoms with Crippen molar-refractivity contribution in [3.63, 3.8) is 0 Å². The van der Waals surface area contributed by atoms with Crippen LogP contribution >= 0.6 is 11.6 Å². The molecule has 0 unspecified atom stereocenters. The molecular formula is C23H26ClN5O2S. The number of hydrogen-bond donors (Lipinski definition) is 2. The van der Waals surface area contributed by atoms with Crippen molar-refractivity contribution in [1.29, 1.82) is 0 Å². The third-order valence-electron chi connectivity index (χ3n) is 5.21. The van der Waals surface area contributed by atoms with Crippen LogP contribution in [0, 0.1) is 6.92 Å². The second-order valence-electron chi connectivity index (χ2n) is 7.93. The zero-order valence-corrected chi connectivity index (χ0v) is 19.5. The number of sulfonamides is 1. The van der Waals surface area contributed by atoms with Crippen molar-refractivity contribution in [3.8, 4) is 0 Å². The molecule has 2 heterocycles. The molecule has 0 radical (unpaired) electrons. The van der Waals surface area contributed by atoms with Gasteiger partial charge in [0.05, 0.1) is 5.75 Å². The summed E-state index contributed by atoms with van der Waals surface area (Å²) in [6.07, 6.45) is 3.63. The summed E-state index contributed by atoms with van der Waals surface area (Å²) in [5.41, 5.74) is 2.83. The second kappa shape index (κ2) is 9.75. The van der Waals surface area contributed by atoms with E-state index in [0.717, 1.165) is 30.3 Å². The lowest BCUT2D eigenvalue weighted by atomic mass is 10.1. The van der Waals surface area contributed by atoms with Gasteiger partial charge >= 0.3 is 0 Å². The fourth-order valence-corrected chi connectivity index (χ4v) is 4.98. The topological polar surface area (TPSA) is 87.2 Å². The Labute approximate surface area is 193 Å². The number of nitrogens with one attached hydrogen (secondary N) is 2. The summed E-state index contributed by atoms with van der Waals surface area (Å²) in [5.74, 6) is 1.34. The van der Waals surface area contributed by atoms with Crippen LogP contribution in [0.25, 0.3) is 0 Å². The molecule has 2 N–H and O–H groups in total. The molecule has 32 heavy (non-hydrogen) atoms. The Morgan fingerprint density at radius 2 is 1.59 bits per heavy atom. The minimum Gasteiger partial charge on any atom is -0.356 e. The Morgan fingerprint density at radius 1 is 0.938 bits per heavy atom. The van der Waals surface area contributed by atoms with Crippen molar-refractivity contribution < 1.29 is 8.42 Å². The first-order chi connectivity index (χ1) is 15.4. The fourth-order valence-electron chi connectivity index (χ4n) is 3.66. The van der Waals surface area contributed by atoms with E-state index in [1.807, 2.05) is 13.0 Å². The lowest BCUT2D eigenvalue weighted by molar-refractivity contribution is 0.573. The summed E-state index contributed by atoms with van der Waals surface area (Å²) in [7, 11) is -3.54. The molecule has 1 aliphatic heterocycles. The maximum atomic E-state index is 12.5. The minimum atomic E-state index is -3.54. The summed E-state index contributed by atoms with van der Waals surface area (Å²) in [4.78, 5) is 11.5. The van der Waals surface area contributed by atoms with Crippen molar-refractivity contribution in [3.05, 3.63) is 70.9 Å². The van der Waals surface area contributed by atoms with Crippen LogP contribution in [0.4, 0.5) is 23.1 Å². The van der Waals surface area contributed by atoms with Crippen LogP contribution in [0.1, 0.15) is 30.5 Å². The Bertz CT molecular complexity index is 1160. The van der Waals surface area contributed by atoms with Crippen molar-refractivity contribution >= 4 is 44.8 Å². The molecule has 4 rings (SSSR count). The molecule has 0 amide bonds. The van der Waals surface area contributed by atoms with Crippen LogP contribution in [-0.4, -0.2) is 31.5 Å². The summed E-state index contributed by atoms with van der Waals surface area (Å²) in [6.45, 7) is 3.99.